The van der Waals surface area contributed by atoms with E-state index >= 15 is 0 Å². The number of aliphatic hydroxyl groups is 1. The minimum absolute atomic E-state index is 0.0311. The molecule has 0 aliphatic rings. The molecule has 1 unspecified atom stereocenters. The first-order chi connectivity index (χ1) is 8.96. The summed E-state index contributed by atoms with van der Waals surface area (Å²) in [6.07, 6.45) is 0. The van der Waals surface area contributed by atoms with E-state index in [1.165, 1.54) is 7.11 Å². The van der Waals surface area contributed by atoms with Crippen LogP contribution in [0.3, 0.4) is 0 Å². The van der Waals surface area contributed by atoms with Gasteiger partial charge in [-0.2, -0.15) is 4.98 Å². The van der Waals surface area contributed by atoms with E-state index in [1.54, 1.807) is 13.0 Å². The van der Waals surface area contributed by atoms with Crippen molar-refractivity contribution in [3.8, 4) is 5.88 Å². The Bertz CT molecular complexity index is 479. The number of carboxylic acids is 1. The molecule has 0 spiro atoms. The van der Waals surface area contributed by atoms with Crippen molar-refractivity contribution in [1.82, 2.24) is 15.3 Å². The lowest BCUT2D eigenvalue weighted by atomic mass is 10.3. The van der Waals surface area contributed by atoms with Crippen LogP contribution in [0.1, 0.15) is 5.69 Å². The molecule has 1 aromatic rings. The molecule has 4 N–H and O–H groups in total. The third kappa shape index (κ3) is 4.39. The fourth-order valence-corrected chi connectivity index (χ4v) is 1.18. The van der Waals surface area contributed by atoms with E-state index in [4.69, 9.17) is 14.9 Å². The van der Waals surface area contributed by atoms with Crippen molar-refractivity contribution in [3.63, 3.8) is 0 Å². The number of hydrogen-bond acceptors (Lipinski definition) is 6. The third-order valence-electron chi connectivity index (χ3n) is 2.05. The summed E-state index contributed by atoms with van der Waals surface area (Å²) in [5.41, 5.74) is 0.569. The Morgan fingerprint density at radius 2 is 2.16 bits per heavy atom. The molecule has 0 bridgehead atoms. The fraction of sp³-hybridized carbons (Fsp3) is 0.400. The zero-order chi connectivity index (χ0) is 14.4. The number of nitrogens with one attached hydrogen (secondary N) is 2. The number of hydrogen-bond donors (Lipinski definition) is 4. The first-order valence-corrected chi connectivity index (χ1v) is 5.27. The number of rotatable bonds is 5. The van der Waals surface area contributed by atoms with Crippen LogP contribution in [-0.4, -0.2) is 51.9 Å². The zero-order valence-corrected chi connectivity index (χ0v) is 10.4. The van der Waals surface area contributed by atoms with Gasteiger partial charge in [0.05, 0.1) is 13.7 Å². The van der Waals surface area contributed by atoms with Crippen LogP contribution in [0, 0.1) is 6.92 Å². The maximum absolute atomic E-state index is 11.5. The number of carbonyl (C=O) groups is 2. The van der Waals surface area contributed by atoms with E-state index in [1.807, 2.05) is 0 Å². The number of aliphatic hydroxyl groups excluding tert-OH is 1. The molecule has 2 amide bonds. The Kier molecular flexibility index (Phi) is 5.01. The first kappa shape index (κ1) is 14.6. The van der Waals surface area contributed by atoms with Crippen molar-refractivity contribution in [2.45, 2.75) is 13.0 Å². The number of methoxy groups -OCH3 is 1. The zero-order valence-electron chi connectivity index (χ0n) is 10.4. The van der Waals surface area contributed by atoms with Crippen molar-refractivity contribution in [1.29, 1.82) is 0 Å². The summed E-state index contributed by atoms with van der Waals surface area (Å²) in [6, 6.07) is -0.669. The smallest absolute Gasteiger partial charge is 0.328 e. The van der Waals surface area contributed by atoms with Gasteiger partial charge in [-0.05, 0) is 6.92 Å². The van der Waals surface area contributed by atoms with E-state index in [2.05, 4.69) is 20.6 Å². The number of amides is 2. The number of urea groups is 1. The average molecular weight is 270 g/mol. The van der Waals surface area contributed by atoms with E-state index in [0.29, 0.717) is 5.69 Å². The van der Waals surface area contributed by atoms with Crippen LogP contribution in [0.2, 0.25) is 0 Å². The lowest BCUT2D eigenvalue weighted by molar-refractivity contribution is -0.140. The molecule has 19 heavy (non-hydrogen) atoms. The first-order valence-electron chi connectivity index (χ1n) is 5.27. The third-order valence-corrected chi connectivity index (χ3v) is 2.05. The molecule has 0 fully saturated rings. The van der Waals surface area contributed by atoms with Gasteiger partial charge in [-0.1, -0.05) is 0 Å². The van der Waals surface area contributed by atoms with Crippen LogP contribution in [0.15, 0.2) is 6.07 Å². The molecule has 0 radical (unpaired) electrons. The number of anilines is 1. The van der Waals surface area contributed by atoms with Crippen molar-refractivity contribution in [3.05, 3.63) is 11.8 Å². The molecule has 0 saturated carbocycles. The van der Waals surface area contributed by atoms with Crippen LogP contribution in [0.5, 0.6) is 5.88 Å². The van der Waals surface area contributed by atoms with Gasteiger partial charge in [-0.15, -0.1) is 0 Å². The lowest BCUT2D eigenvalue weighted by Crippen LogP contribution is -2.45. The number of aliphatic carboxylic acids is 1. The van der Waals surface area contributed by atoms with Crippen LogP contribution in [0.25, 0.3) is 0 Å². The number of carboxylic acid groups (broad SMARTS) is 1. The molecule has 1 aromatic heterocycles. The molecular weight excluding hydrogens is 256 g/mol. The second-order valence-corrected chi connectivity index (χ2v) is 3.55. The van der Waals surface area contributed by atoms with Gasteiger partial charge in [0.15, 0.2) is 6.04 Å². The van der Waals surface area contributed by atoms with Gasteiger partial charge in [-0.3, -0.25) is 5.32 Å². The van der Waals surface area contributed by atoms with Crippen LogP contribution >= 0.6 is 0 Å². The monoisotopic (exact) mass is 270 g/mol. The molecular formula is C10H14N4O5. The fourth-order valence-electron chi connectivity index (χ4n) is 1.18. The standard InChI is InChI=1S/C10H14N4O5/c1-5-3-7(19-2)13-9(11-5)14-10(18)12-6(4-15)8(16)17/h3,6,15H,4H2,1-2H3,(H,16,17)(H2,11,12,13,14,18). The number of aryl methyl sites for hydroxylation is 1. The SMILES string of the molecule is COc1cc(C)nc(NC(=O)NC(CO)C(=O)O)n1. The van der Waals surface area contributed by atoms with Gasteiger partial charge in [0, 0.05) is 11.8 Å². The highest BCUT2D eigenvalue weighted by Crippen LogP contribution is 2.10. The van der Waals surface area contributed by atoms with Gasteiger partial charge in [0.2, 0.25) is 11.8 Å². The summed E-state index contributed by atoms with van der Waals surface area (Å²) >= 11 is 0. The van der Waals surface area contributed by atoms with Crippen molar-refractivity contribution in [2.24, 2.45) is 0 Å². The van der Waals surface area contributed by atoms with E-state index in [0.717, 1.165) is 0 Å². The molecule has 9 nitrogen and oxygen atoms in total. The molecule has 104 valence electrons. The largest absolute Gasteiger partial charge is 0.481 e. The number of carbonyl (C=O) groups excluding carboxylic acids is 1. The maximum atomic E-state index is 11.5. The van der Waals surface area contributed by atoms with Gasteiger partial charge in [0.25, 0.3) is 0 Å². The van der Waals surface area contributed by atoms with Gasteiger partial charge in [0.1, 0.15) is 0 Å². The van der Waals surface area contributed by atoms with Gasteiger partial charge in [-0.25, -0.2) is 14.6 Å². The summed E-state index contributed by atoms with van der Waals surface area (Å²) in [4.78, 5) is 29.9. The molecule has 1 atom stereocenters. The Labute approximate surface area is 108 Å². The number of nitrogens with zero attached hydrogens (tertiary/aromatic N) is 2. The van der Waals surface area contributed by atoms with Crippen molar-refractivity contribution < 1.29 is 24.5 Å². The topological polar surface area (TPSA) is 134 Å². The summed E-state index contributed by atoms with van der Waals surface area (Å²) in [5.74, 6) is -1.11. The lowest BCUT2D eigenvalue weighted by Gasteiger charge is -2.12. The van der Waals surface area contributed by atoms with E-state index in [9.17, 15) is 9.59 Å². The second kappa shape index (κ2) is 6.50. The normalized spacial score (nSPS) is 11.5. The summed E-state index contributed by atoms with van der Waals surface area (Å²) < 4.78 is 4.90. The molecule has 0 saturated heterocycles. The molecule has 0 aliphatic carbocycles. The maximum Gasteiger partial charge on any atom is 0.328 e. The minimum atomic E-state index is -1.40. The summed E-state index contributed by atoms with van der Waals surface area (Å²) in [6.45, 7) is 0.960. The van der Waals surface area contributed by atoms with Crippen LogP contribution in [0.4, 0.5) is 10.7 Å². The highest BCUT2D eigenvalue weighted by atomic mass is 16.5. The Hall–Kier alpha value is -2.42. The van der Waals surface area contributed by atoms with E-state index in [-0.39, 0.29) is 11.8 Å². The molecule has 9 heteroatoms. The highest BCUT2D eigenvalue weighted by molar-refractivity contribution is 5.90. The molecule has 1 heterocycles. The van der Waals surface area contributed by atoms with Crippen molar-refractivity contribution in [2.75, 3.05) is 19.0 Å². The van der Waals surface area contributed by atoms with Crippen LogP contribution < -0.4 is 15.4 Å². The molecule has 0 aromatic carbocycles. The average Bonchev–Trinajstić information content (AvgIpc) is 2.34. The number of ether oxygens (including phenoxy) is 1. The Morgan fingerprint density at radius 3 is 2.68 bits per heavy atom. The van der Waals surface area contributed by atoms with Crippen molar-refractivity contribution >= 4 is 17.9 Å². The summed E-state index contributed by atoms with van der Waals surface area (Å²) in [7, 11) is 1.41. The number of aromatic nitrogens is 2. The van der Waals surface area contributed by atoms with Gasteiger partial charge >= 0.3 is 12.0 Å². The predicted octanol–water partition coefficient (Wildman–Crippen LogP) is -0.639. The molecule has 0 aliphatic heterocycles. The Balaban J connectivity index is 2.71. The van der Waals surface area contributed by atoms with E-state index < -0.39 is 24.6 Å². The quantitative estimate of drug-likeness (QED) is 0.559. The minimum Gasteiger partial charge on any atom is -0.481 e. The Morgan fingerprint density at radius 1 is 1.47 bits per heavy atom. The van der Waals surface area contributed by atoms with Gasteiger partial charge < -0.3 is 20.3 Å². The second-order valence-electron chi connectivity index (χ2n) is 3.55. The highest BCUT2D eigenvalue weighted by Gasteiger charge is 2.19. The molecule has 1 rings (SSSR count). The predicted molar refractivity (Wildman–Crippen MR) is 64.0 cm³/mol. The van der Waals surface area contributed by atoms with Crippen LogP contribution in [-0.2, 0) is 4.79 Å². The summed E-state index contributed by atoms with van der Waals surface area (Å²) in [5, 5.41) is 21.7.